The maximum atomic E-state index is 12.8. The number of thiazole rings is 1. The van der Waals surface area contributed by atoms with Gasteiger partial charge in [0.15, 0.2) is 0 Å². The van der Waals surface area contributed by atoms with Crippen LogP contribution in [0, 0.1) is 5.92 Å². The summed E-state index contributed by atoms with van der Waals surface area (Å²) in [6, 6.07) is 8.22. The van der Waals surface area contributed by atoms with Crippen LogP contribution in [0.2, 0.25) is 5.02 Å². The van der Waals surface area contributed by atoms with Gasteiger partial charge in [0.1, 0.15) is 17.2 Å². The van der Waals surface area contributed by atoms with Crippen molar-refractivity contribution in [3.05, 3.63) is 70.0 Å². The number of pyridine rings is 1. The fraction of sp³-hybridized carbons (Fsp3) is 0.400. The zero-order valence-corrected chi connectivity index (χ0v) is 24.5. The lowest BCUT2D eigenvalue weighted by Crippen LogP contribution is -2.34. The zero-order valence-electron chi connectivity index (χ0n) is 23.0. The lowest BCUT2D eigenvalue weighted by Gasteiger charge is -2.14. The molecule has 2 N–H and O–H groups in total. The van der Waals surface area contributed by atoms with E-state index in [1.165, 1.54) is 49.3 Å². The van der Waals surface area contributed by atoms with Crippen molar-refractivity contribution in [3.8, 4) is 16.7 Å². The Kier molecular flexibility index (Phi) is 9.87. The molecule has 0 bridgehead atoms. The Morgan fingerprint density at radius 3 is 2.78 bits per heavy atom. The van der Waals surface area contributed by atoms with Crippen molar-refractivity contribution in [3.63, 3.8) is 0 Å². The predicted molar refractivity (Wildman–Crippen MR) is 160 cm³/mol. The molecule has 3 heterocycles. The number of hydrogen-bond donors (Lipinski definition) is 2. The average molecular weight is 596 g/mol. The number of nitrogens with one attached hydrogen (secondary N) is 2. The monoisotopic (exact) mass is 595 g/mol. The largest absolute Gasteiger partial charge is 0.493 e. The molecule has 1 aromatic carbocycles. The van der Waals surface area contributed by atoms with E-state index in [1.54, 1.807) is 24.4 Å². The van der Waals surface area contributed by atoms with E-state index in [9.17, 15) is 9.59 Å². The molecule has 2 aromatic heterocycles. The minimum Gasteiger partial charge on any atom is -0.493 e. The Morgan fingerprint density at radius 2 is 2.00 bits per heavy atom. The molecule has 3 aromatic rings. The van der Waals surface area contributed by atoms with Crippen LogP contribution in [0.3, 0.4) is 0 Å². The van der Waals surface area contributed by atoms with E-state index in [2.05, 4.69) is 25.5 Å². The fourth-order valence-electron chi connectivity index (χ4n) is 4.34. The molecule has 216 valence electrons. The first kappa shape index (κ1) is 29.0. The van der Waals surface area contributed by atoms with Gasteiger partial charge in [0.25, 0.3) is 17.0 Å². The summed E-state index contributed by atoms with van der Waals surface area (Å²) in [4.78, 5) is 37.0. The molecule has 5 rings (SSSR count). The highest BCUT2D eigenvalue weighted by Crippen LogP contribution is 2.35. The molecule has 0 unspecified atom stereocenters. The van der Waals surface area contributed by atoms with E-state index in [1.807, 2.05) is 25.1 Å². The first-order valence-electron chi connectivity index (χ1n) is 13.9. The van der Waals surface area contributed by atoms with Crippen LogP contribution in [0.1, 0.15) is 58.3 Å². The molecule has 1 aliphatic carbocycles. The molecule has 2 amide bonds. The Hall–Kier alpha value is -3.47. The molecule has 0 radical (unpaired) electrons. The third-order valence-corrected chi connectivity index (χ3v) is 8.00. The van der Waals surface area contributed by atoms with Gasteiger partial charge < -0.3 is 25.0 Å². The van der Waals surface area contributed by atoms with Crippen molar-refractivity contribution >= 4 is 40.8 Å². The normalized spacial score (nSPS) is 16.0. The quantitative estimate of drug-likeness (QED) is 0.271. The van der Waals surface area contributed by atoms with Gasteiger partial charge >= 0.3 is 0 Å². The third-order valence-electron chi connectivity index (χ3n) is 6.86. The van der Waals surface area contributed by atoms with Crippen molar-refractivity contribution in [1.29, 1.82) is 0 Å². The first-order chi connectivity index (χ1) is 19.9. The smallest absolute Gasteiger partial charge is 0.279 e. The molecule has 41 heavy (non-hydrogen) atoms. The predicted octanol–water partition coefficient (Wildman–Crippen LogP) is 5.43. The summed E-state index contributed by atoms with van der Waals surface area (Å²) < 4.78 is 11.6. The molecule has 1 aliphatic heterocycles. The van der Waals surface area contributed by atoms with Gasteiger partial charge in [0.05, 0.1) is 16.5 Å². The number of halogens is 1. The third kappa shape index (κ3) is 8.76. The highest BCUT2D eigenvalue weighted by molar-refractivity contribution is 7.14. The number of amides is 2. The van der Waals surface area contributed by atoms with Gasteiger partial charge in [0.2, 0.25) is 0 Å². The summed E-state index contributed by atoms with van der Waals surface area (Å²) in [6.45, 7) is 6.11. The Bertz CT molecular complexity index is 1390. The van der Waals surface area contributed by atoms with Crippen molar-refractivity contribution in [1.82, 2.24) is 25.5 Å². The molecule has 9 nitrogen and oxygen atoms in total. The molecule has 2 aliphatic rings. The highest BCUT2D eigenvalue weighted by Gasteiger charge is 2.22. The van der Waals surface area contributed by atoms with Crippen LogP contribution in [0.4, 0.5) is 0 Å². The van der Waals surface area contributed by atoms with Gasteiger partial charge in [-0.3, -0.25) is 14.6 Å². The number of nitrogens with zero attached hydrogens (tertiary/aromatic N) is 3. The molecular formula is C30H34ClN5O4S. The maximum absolute atomic E-state index is 12.8. The van der Waals surface area contributed by atoms with Gasteiger partial charge in [-0.2, -0.15) is 0 Å². The number of ether oxygens (including phenoxy) is 2. The number of hydrogen-bond acceptors (Lipinski definition) is 8. The molecular weight excluding hydrogens is 562 g/mol. The molecule has 1 atom stereocenters. The van der Waals surface area contributed by atoms with E-state index < -0.39 is 0 Å². The molecule has 0 spiro atoms. The van der Waals surface area contributed by atoms with Crippen molar-refractivity contribution in [2.75, 3.05) is 32.8 Å². The number of benzene rings is 1. The lowest BCUT2D eigenvalue weighted by atomic mass is 10.2. The van der Waals surface area contributed by atoms with E-state index in [0.29, 0.717) is 34.0 Å². The van der Waals surface area contributed by atoms with Crippen LogP contribution in [0.15, 0.2) is 48.8 Å². The second-order valence-corrected chi connectivity index (χ2v) is 11.8. The van der Waals surface area contributed by atoms with Gasteiger partial charge in [-0.25, -0.2) is 4.98 Å². The highest BCUT2D eigenvalue weighted by atomic mass is 35.5. The SMILES string of the molecule is C[C@@H](/C=C/c1cnc(Oc2ccc(OCC3CC3)cc2Cl)s1)NC(=O)c1ccnc(C(=O)NCCN2CCCC2)c1. The summed E-state index contributed by atoms with van der Waals surface area (Å²) in [7, 11) is 0. The van der Waals surface area contributed by atoms with Crippen LogP contribution in [-0.2, 0) is 0 Å². The second-order valence-electron chi connectivity index (χ2n) is 10.3. The summed E-state index contributed by atoms with van der Waals surface area (Å²) >= 11 is 7.74. The zero-order chi connectivity index (χ0) is 28.6. The van der Waals surface area contributed by atoms with E-state index >= 15 is 0 Å². The number of rotatable bonds is 13. The molecule has 11 heteroatoms. The van der Waals surface area contributed by atoms with Crippen LogP contribution in [0.25, 0.3) is 6.08 Å². The number of aromatic nitrogens is 2. The number of carbonyl (C=O) groups is 2. The summed E-state index contributed by atoms with van der Waals surface area (Å²) in [5, 5.41) is 6.73. The van der Waals surface area contributed by atoms with Gasteiger partial charge in [-0.1, -0.05) is 29.0 Å². The van der Waals surface area contributed by atoms with Gasteiger partial charge in [0, 0.05) is 43.2 Å². The minimum atomic E-state index is -0.289. The van der Waals surface area contributed by atoms with E-state index in [0.717, 1.165) is 36.9 Å². The molecule has 1 saturated carbocycles. The van der Waals surface area contributed by atoms with Crippen molar-refractivity contribution in [2.45, 2.75) is 38.6 Å². The Balaban J connectivity index is 1.09. The molecule has 2 fully saturated rings. The summed E-state index contributed by atoms with van der Waals surface area (Å²) in [5.41, 5.74) is 0.597. The van der Waals surface area contributed by atoms with Crippen molar-refractivity contribution < 1.29 is 19.1 Å². The van der Waals surface area contributed by atoms with Gasteiger partial charge in [-0.15, -0.1) is 0 Å². The number of likely N-dealkylation sites (tertiary alicyclic amines) is 1. The summed E-state index contributed by atoms with van der Waals surface area (Å²) in [5.74, 6) is 1.33. The van der Waals surface area contributed by atoms with Crippen molar-refractivity contribution in [2.24, 2.45) is 5.92 Å². The van der Waals surface area contributed by atoms with E-state index in [-0.39, 0.29) is 23.6 Å². The van der Waals surface area contributed by atoms with E-state index in [4.69, 9.17) is 21.1 Å². The van der Waals surface area contributed by atoms with Gasteiger partial charge in [-0.05, 0) is 82.0 Å². The fourth-order valence-corrected chi connectivity index (χ4v) is 5.24. The number of carbonyl (C=O) groups excluding carboxylic acids is 2. The van der Waals surface area contributed by atoms with Crippen LogP contribution < -0.4 is 20.1 Å². The van der Waals surface area contributed by atoms with Crippen LogP contribution in [-0.4, -0.2) is 65.5 Å². The van der Waals surface area contributed by atoms with Crippen LogP contribution >= 0.6 is 22.9 Å². The molecule has 1 saturated heterocycles. The topological polar surface area (TPSA) is 106 Å². The summed E-state index contributed by atoms with van der Waals surface area (Å²) in [6.07, 6.45) is 11.8. The average Bonchev–Trinajstić information content (AvgIpc) is 3.44. The maximum Gasteiger partial charge on any atom is 0.279 e. The Labute approximate surface area is 248 Å². The first-order valence-corrected chi connectivity index (χ1v) is 15.1. The Morgan fingerprint density at radius 1 is 1.17 bits per heavy atom. The van der Waals surface area contributed by atoms with Crippen LogP contribution in [0.5, 0.6) is 16.7 Å². The second kappa shape index (κ2) is 13.9. The standard InChI is InChI=1S/C30H34ClN5O4S/c1-20(35-28(37)22-10-11-32-26(16-22)29(38)33-12-15-36-13-2-3-14-36)4-8-24-18-34-30(41-24)40-27-9-7-23(17-25(27)31)39-19-21-5-6-21/h4,7-11,16-18,20-21H,2-3,5-6,12-15,19H2,1H3,(H,33,38)(H,35,37)/b8-4+/t20-/m0/s1. The lowest BCUT2D eigenvalue weighted by molar-refractivity contribution is 0.0944. The minimum absolute atomic E-state index is 0.222.